The Balaban J connectivity index is -0.000000302. The molecule has 0 N–H and O–H groups in total. The van der Waals surface area contributed by atoms with Crippen molar-refractivity contribution in [1.29, 1.82) is 0 Å². The van der Waals surface area contributed by atoms with Gasteiger partial charge in [0.25, 0.3) is 0 Å². The van der Waals surface area contributed by atoms with Gasteiger partial charge in [-0.15, -0.1) is 0 Å². The SMILES string of the molecule is CC(=O)C(C)=O.CCCCCCCCCCCC(=O)[O-].CCCCCCCCCCCC(=O)[O-].CCCCCCC[CH2][Sn+2][CH2]CCCCCCC. The maximum absolute atomic E-state index is 10.1. The third-order valence-corrected chi connectivity index (χ3v) is 12.9. The van der Waals surface area contributed by atoms with Gasteiger partial charge in [0, 0.05) is 25.8 Å². The van der Waals surface area contributed by atoms with Crippen LogP contribution in [0.2, 0.25) is 8.87 Å². The fraction of sp³-hybridized carbons (Fsp3) is 0.909. The zero-order valence-corrected chi connectivity index (χ0v) is 37.8. The van der Waals surface area contributed by atoms with Crippen molar-refractivity contribution < 1.29 is 29.4 Å². The number of ketones is 2. The second kappa shape index (κ2) is 53.4. The Labute approximate surface area is 328 Å². The predicted molar refractivity (Wildman–Crippen MR) is 217 cm³/mol. The number of rotatable bonds is 35. The summed E-state index contributed by atoms with van der Waals surface area (Å²) in [6.07, 6.45) is 40.2. The Morgan fingerprint density at radius 2 is 0.529 bits per heavy atom. The third-order valence-electron chi connectivity index (χ3n) is 8.88. The maximum atomic E-state index is 10.1. The van der Waals surface area contributed by atoms with Gasteiger partial charge in [-0.05, 0) is 25.7 Å². The van der Waals surface area contributed by atoms with Crippen LogP contribution in [0.15, 0.2) is 0 Å². The van der Waals surface area contributed by atoms with Gasteiger partial charge in [-0.1, -0.05) is 117 Å². The Morgan fingerprint density at radius 3 is 0.725 bits per heavy atom. The van der Waals surface area contributed by atoms with Crippen molar-refractivity contribution >= 4 is 44.6 Å². The molecule has 0 aromatic carbocycles. The normalized spacial score (nSPS) is 10.1. The molecule has 302 valence electrons. The van der Waals surface area contributed by atoms with Crippen LogP contribution in [0.3, 0.4) is 0 Å². The number of carboxylic acid groups (broad SMARTS) is 2. The second-order valence-corrected chi connectivity index (χ2v) is 18.6. The van der Waals surface area contributed by atoms with Gasteiger partial charge in [0.2, 0.25) is 0 Å². The molecule has 0 fully saturated rings. The first-order valence-corrected chi connectivity index (χ1v) is 25.8. The Kier molecular flexibility index (Phi) is 59.5. The summed E-state index contributed by atoms with van der Waals surface area (Å²) in [5.41, 5.74) is 0. The van der Waals surface area contributed by atoms with E-state index in [9.17, 15) is 29.4 Å². The van der Waals surface area contributed by atoms with E-state index in [0.717, 1.165) is 25.7 Å². The molecule has 0 unspecified atom stereocenters. The quantitative estimate of drug-likeness (QED) is 0.0357. The molecule has 0 aliphatic rings. The monoisotopic (exact) mass is 831 g/mol. The minimum absolute atomic E-state index is 0.0736. The molecule has 0 heterocycles. The molecular weight excluding hydrogens is 743 g/mol. The number of carbonyl (C=O) groups excluding carboxylic acids is 4. The van der Waals surface area contributed by atoms with E-state index >= 15 is 0 Å². The summed E-state index contributed by atoms with van der Waals surface area (Å²) in [5, 5.41) is 20.2. The van der Waals surface area contributed by atoms with Gasteiger partial charge < -0.3 is 19.8 Å². The fourth-order valence-electron chi connectivity index (χ4n) is 5.35. The number of carbonyl (C=O) groups is 4. The molecule has 0 bridgehead atoms. The van der Waals surface area contributed by atoms with Crippen molar-refractivity contribution in [3.05, 3.63) is 0 Å². The van der Waals surface area contributed by atoms with Crippen molar-refractivity contribution in [3.8, 4) is 0 Å². The molecule has 0 aliphatic carbocycles. The molecule has 0 spiro atoms. The van der Waals surface area contributed by atoms with Crippen LogP contribution in [0, 0.1) is 0 Å². The van der Waals surface area contributed by atoms with Crippen LogP contribution in [0.5, 0.6) is 0 Å². The molecular formula is C44H86O6Sn. The first-order chi connectivity index (χ1) is 24.6. The van der Waals surface area contributed by atoms with Gasteiger partial charge in [-0.2, -0.15) is 0 Å². The van der Waals surface area contributed by atoms with Gasteiger partial charge in [-0.3, -0.25) is 9.59 Å². The van der Waals surface area contributed by atoms with Crippen LogP contribution >= 0.6 is 0 Å². The number of unbranched alkanes of at least 4 members (excludes halogenated alkanes) is 26. The zero-order chi connectivity index (χ0) is 39.1. The summed E-state index contributed by atoms with van der Waals surface area (Å²) in [6, 6.07) is 0. The van der Waals surface area contributed by atoms with Crippen molar-refractivity contribution in [2.24, 2.45) is 0 Å². The van der Waals surface area contributed by atoms with Gasteiger partial charge in [0.15, 0.2) is 11.6 Å². The first-order valence-electron chi connectivity index (χ1n) is 21.7. The number of aliphatic carboxylic acids is 2. The van der Waals surface area contributed by atoms with Crippen LogP contribution < -0.4 is 10.2 Å². The van der Waals surface area contributed by atoms with E-state index in [-0.39, 0.29) is 45.6 Å². The molecule has 51 heavy (non-hydrogen) atoms. The van der Waals surface area contributed by atoms with Gasteiger partial charge >= 0.3 is 121 Å². The number of carboxylic acids is 2. The molecule has 0 aliphatic heterocycles. The average Bonchev–Trinajstić information content (AvgIpc) is 3.09. The summed E-state index contributed by atoms with van der Waals surface area (Å²) in [5.74, 6) is -2.58. The molecule has 6 nitrogen and oxygen atoms in total. The molecule has 0 saturated heterocycles. The van der Waals surface area contributed by atoms with Crippen LogP contribution in [0.1, 0.15) is 247 Å². The predicted octanol–water partition coefficient (Wildman–Crippen LogP) is 11.7. The van der Waals surface area contributed by atoms with Crippen LogP contribution in [0.25, 0.3) is 0 Å². The molecule has 0 saturated carbocycles. The second-order valence-electron chi connectivity index (χ2n) is 14.3. The van der Waals surface area contributed by atoms with Crippen molar-refractivity contribution in [3.63, 3.8) is 0 Å². The van der Waals surface area contributed by atoms with Crippen molar-refractivity contribution in [2.75, 3.05) is 0 Å². The van der Waals surface area contributed by atoms with E-state index in [0.29, 0.717) is 0 Å². The zero-order valence-electron chi connectivity index (χ0n) is 35.0. The van der Waals surface area contributed by atoms with Gasteiger partial charge in [0.05, 0.1) is 0 Å². The standard InChI is InChI=1S/2C12H24O2.2C8H17.C4H6O2.Sn/c2*1-2-3-4-5-6-7-8-9-10-11-12(13)14;2*1-3-5-7-8-6-4-2;1-3(5)4(2)6;/h2*2-11H2,1H3,(H,13,14);2*1,3-8H2,2H3;1-2H3;/q;;;;;+2/p-2. The van der Waals surface area contributed by atoms with Gasteiger partial charge in [0.1, 0.15) is 0 Å². The molecule has 0 amide bonds. The Bertz CT molecular complexity index is 654. The Morgan fingerprint density at radius 1 is 0.333 bits per heavy atom. The van der Waals surface area contributed by atoms with E-state index in [4.69, 9.17) is 0 Å². The average molecular weight is 830 g/mol. The van der Waals surface area contributed by atoms with Crippen molar-refractivity contribution in [1.82, 2.24) is 0 Å². The summed E-state index contributed by atoms with van der Waals surface area (Å²) in [7, 11) is 0. The van der Waals surface area contributed by atoms with Crippen LogP contribution in [-0.2, 0) is 19.2 Å². The summed E-state index contributed by atoms with van der Waals surface area (Å²) in [4.78, 5) is 39.8. The number of hydrogen-bond acceptors (Lipinski definition) is 6. The van der Waals surface area contributed by atoms with E-state index in [1.807, 2.05) is 0 Å². The fourth-order valence-corrected chi connectivity index (χ4v) is 8.91. The van der Waals surface area contributed by atoms with E-state index in [2.05, 4.69) is 27.7 Å². The summed E-state index contributed by atoms with van der Waals surface area (Å²) < 4.78 is 3.31. The summed E-state index contributed by atoms with van der Waals surface area (Å²) in [6.45, 7) is 11.6. The van der Waals surface area contributed by atoms with E-state index in [1.165, 1.54) is 168 Å². The number of hydrogen-bond donors (Lipinski definition) is 0. The first kappa shape index (κ1) is 56.8. The van der Waals surface area contributed by atoms with Gasteiger partial charge in [-0.25, -0.2) is 0 Å². The molecule has 0 radical (unpaired) electrons. The minimum atomic E-state index is -0.909. The van der Waals surface area contributed by atoms with Crippen LogP contribution in [0.4, 0.5) is 0 Å². The molecule has 0 rings (SSSR count). The van der Waals surface area contributed by atoms with E-state index in [1.54, 1.807) is 21.7 Å². The van der Waals surface area contributed by atoms with E-state index < -0.39 is 11.9 Å². The molecule has 0 aromatic heterocycles. The molecule has 0 atom stereocenters. The Hall–Kier alpha value is -0.921. The van der Waals surface area contributed by atoms with Crippen molar-refractivity contribution in [2.45, 2.75) is 256 Å². The number of Topliss-reactive ketones (excluding diaryl/α,β-unsaturated/α-hetero) is 2. The van der Waals surface area contributed by atoms with Crippen LogP contribution in [-0.4, -0.2) is 44.6 Å². The molecule has 0 aromatic rings. The molecule has 7 heteroatoms. The summed E-state index contributed by atoms with van der Waals surface area (Å²) >= 11 is 0.0736. The topological polar surface area (TPSA) is 114 Å². The third kappa shape index (κ3) is 71.2.